The zero-order valence-corrected chi connectivity index (χ0v) is 12.2. The fourth-order valence-electron chi connectivity index (χ4n) is 2.20. The quantitative estimate of drug-likeness (QED) is 0.879. The zero-order valence-electron chi connectivity index (χ0n) is 12.2. The van der Waals surface area contributed by atoms with Gasteiger partial charge in [-0.3, -0.25) is 4.79 Å². The Morgan fingerprint density at radius 1 is 1.29 bits per heavy atom. The normalized spacial score (nSPS) is 10.4. The lowest BCUT2D eigenvalue weighted by Crippen LogP contribution is -2.24. The molecule has 0 atom stereocenters. The first-order valence-electron chi connectivity index (χ1n) is 6.64. The van der Waals surface area contributed by atoms with E-state index < -0.39 is 5.97 Å². The molecule has 0 bridgehead atoms. The van der Waals surface area contributed by atoms with E-state index in [1.54, 1.807) is 45.2 Å². The van der Waals surface area contributed by atoms with Crippen LogP contribution in [0.25, 0.3) is 11.1 Å². The summed E-state index contributed by atoms with van der Waals surface area (Å²) in [5, 5.41) is 10.4. The van der Waals surface area contributed by atoms with E-state index >= 15 is 0 Å². The fraction of sp³-hybridized carbons (Fsp3) is 0.250. The number of carbonyl (C=O) groups is 1. The van der Waals surface area contributed by atoms with Crippen molar-refractivity contribution >= 4 is 5.97 Å². The summed E-state index contributed by atoms with van der Waals surface area (Å²) in [7, 11) is 1.56. The maximum absolute atomic E-state index is 12.4. The Bertz CT molecular complexity index is 732. The van der Waals surface area contributed by atoms with Crippen LogP contribution < -0.4 is 5.56 Å². The molecule has 21 heavy (non-hydrogen) atoms. The first-order chi connectivity index (χ1) is 9.99. The van der Waals surface area contributed by atoms with E-state index in [0.29, 0.717) is 11.3 Å². The van der Waals surface area contributed by atoms with Crippen LogP contribution in [-0.4, -0.2) is 22.2 Å². The van der Waals surface area contributed by atoms with Gasteiger partial charge in [0.25, 0.3) is 5.56 Å². The zero-order chi connectivity index (χ0) is 15.6. The standard InChI is InChI=1S/C16H17NO4/c1-4-21-16(20)12-10(2)17(3)15(19)13(14(12)18)11-8-6-5-7-9-11/h5-9,18H,4H2,1-3H3. The van der Waals surface area contributed by atoms with E-state index in [4.69, 9.17) is 4.74 Å². The summed E-state index contributed by atoms with van der Waals surface area (Å²) in [5.41, 5.74) is 0.700. The van der Waals surface area contributed by atoms with Crippen molar-refractivity contribution in [3.8, 4) is 16.9 Å². The first-order valence-corrected chi connectivity index (χ1v) is 6.64. The molecule has 0 unspecified atom stereocenters. The molecule has 0 radical (unpaired) electrons. The van der Waals surface area contributed by atoms with Gasteiger partial charge in [0.15, 0.2) is 0 Å². The third-order valence-corrected chi connectivity index (χ3v) is 3.40. The second-order valence-corrected chi connectivity index (χ2v) is 4.63. The third kappa shape index (κ3) is 2.54. The van der Waals surface area contributed by atoms with Gasteiger partial charge in [-0.2, -0.15) is 0 Å². The minimum absolute atomic E-state index is 0.0257. The summed E-state index contributed by atoms with van der Waals surface area (Å²) in [6, 6.07) is 8.75. The van der Waals surface area contributed by atoms with Gasteiger partial charge < -0.3 is 14.4 Å². The monoisotopic (exact) mass is 287 g/mol. The number of aromatic hydroxyl groups is 1. The molecule has 2 rings (SSSR count). The number of pyridine rings is 1. The summed E-state index contributed by atoms with van der Waals surface area (Å²) in [5.74, 6) is -0.972. The second kappa shape index (κ2) is 5.83. The Hall–Kier alpha value is -2.56. The lowest BCUT2D eigenvalue weighted by molar-refractivity contribution is 0.0521. The number of rotatable bonds is 3. The van der Waals surface area contributed by atoms with Gasteiger partial charge in [0, 0.05) is 12.7 Å². The molecule has 0 saturated carbocycles. The highest BCUT2D eigenvalue weighted by molar-refractivity contribution is 5.96. The number of hydrogen-bond acceptors (Lipinski definition) is 4. The summed E-state index contributed by atoms with van der Waals surface area (Å²) >= 11 is 0. The molecular formula is C16H17NO4. The van der Waals surface area contributed by atoms with Crippen LogP contribution in [0.3, 0.4) is 0 Å². The minimum Gasteiger partial charge on any atom is -0.506 e. The van der Waals surface area contributed by atoms with Crippen molar-refractivity contribution in [2.75, 3.05) is 6.61 Å². The molecule has 0 amide bonds. The molecule has 0 fully saturated rings. The second-order valence-electron chi connectivity index (χ2n) is 4.63. The van der Waals surface area contributed by atoms with Gasteiger partial charge in [0.05, 0.1) is 12.2 Å². The number of carbonyl (C=O) groups excluding carboxylic acids is 1. The molecule has 0 spiro atoms. The summed E-state index contributed by atoms with van der Waals surface area (Å²) in [6.07, 6.45) is 0. The highest BCUT2D eigenvalue weighted by Gasteiger charge is 2.24. The number of hydrogen-bond donors (Lipinski definition) is 1. The molecule has 110 valence electrons. The van der Waals surface area contributed by atoms with Crippen LogP contribution in [0.15, 0.2) is 35.1 Å². The summed E-state index contributed by atoms with van der Waals surface area (Å²) in [4.78, 5) is 24.4. The van der Waals surface area contributed by atoms with Gasteiger partial charge in [0.1, 0.15) is 11.3 Å². The first kappa shape index (κ1) is 14.8. The number of aromatic nitrogens is 1. The number of esters is 1. The topological polar surface area (TPSA) is 68.5 Å². The van der Waals surface area contributed by atoms with Crippen LogP contribution in [0.1, 0.15) is 23.0 Å². The maximum atomic E-state index is 12.4. The summed E-state index contributed by atoms with van der Waals surface area (Å²) in [6.45, 7) is 3.48. The largest absolute Gasteiger partial charge is 0.506 e. The minimum atomic E-state index is -0.639. The molecule has 5 nitrogen and oxygen atoms in total. The Labute approximate surface area is 122 Å². The smallest absolute Gasteiger partial charge is 0.343 e. The van der Waals surface area contributed by atoms with Crippen LogP contribution in [-0.2, 0) is 11.8 Å². The van der Waals surface area contributed by atoms with E-state index in [1.807, 2.05) is 6.07 Å². The van der Waals surface area contributed by atoms with Gasteiger partial charge in [-0.15, -0.1) is 0 Å². The Kier molecular flexibility index (Phi) is 4.12. The van der Waals surface area contributed by atoms with E-state index in [-0.39, 0.29) is 29.0 Å². The Morgan fingerprint density at radius 3 is 2.48 bits per heavy atom. The van der Waals surface area contributed by atoms with E-state index in [1.165, 1.54) is 4.57 Å². The van der Waals surface area contributed by atoms with Crippen molar-refractivity contribution in [1.29, 1.82) is 0 Å². The molecule has 1 aromatic carbocycles. The van der Waals surface area contributed by atoms with Gasteiger partial charge in [0.2, 0.25) is 0 Å². The van der Waals surface area contributed by atoms with E-state index in [0.717, 1.165) is 0 Å². The molecule has 0 aliphatic carbocycles. The molecule has 1 N–H and O–H groups in total. The van der Waals surface area contributed by atoms with Gasteiger partial charge in [-0.25, -0.2) is 4.79 Å². The van der Waals surface area contributed by atoms with Crippen LogP contribution in [0, 0.1) is 6.92 Å². The van der Waals surface area contributed by atoms with Crippen molar-refractivity contribution < 1.29 is 14.6 Å². The lowest BCUT2D eigenvalue weighted by Gasteiger charge is -2.15. The van der Waals surface area contributed by atoms with Crippen LogP contribution in [0.5, 0.6) is 5.75 Å². The molecule has 5 heteroatoms. The molecule has 2 aromatic rings. The predicted octanol–water partition coefficient (Wildman–Crippen LogP) is 2.24. The predicted molar refractivity (Wildman–Crippen MR) is 79.5 cm³/mol. The molecule has 1 aromatic heterocycles. The van der Waals surface area contributed by atoms with Gasteiger partial charge in [-0.05, 0) is 19.4 Å². The van der Waals surface area contributed by atoms with Crippen LogP contribution in [0.4, 0.5) is 0 Å². The van der Waals surface area contributed by atoms with Crippen molar-refractivity contribution in [3.63, 3.8) is 0 Å². The molecular weight excluding hydrogens is 270 g/mol. The van der Waals surface area contributed by atoms with Crippen molar-refractivity contribution in [2.24, 2.45) is 7.05 Å². The highest BCUT2D eigenvalue weighted by Crippen LogP contribution is 2.31. The van der Waals surface area contributed by atoms with Crippen LogP contribution in [0.2, 0.25) is 0 Å². The summed E-state index contributed by atoms with van der Waals surface area (Å²) < 4.78 is 6.30. The lowest BCUT2D eigenvalue weighted by atomic mass is 10.0. The Balaban J connectivity index is 2.79. The van der Waals surface area contributed by atoms with Crippen molar-refractivity contribution in [1.82, 2.24) is 4.57 Å². The van der Waals surface area contributed by atoms with Crippen LogP contribution >= 0.6 is 0 Å². The number of nitrogens with zero attached hydrogens (tertiary/aromatic N) is 1. The fourth-order valence-corrected chi connectivity index (χ4v) is 2.20. The average molecular weight is 287 g/mol. The van der Waals surface area contributed by atoms with Gasteiger partial charge >= 0.3 is 5.97 Å². The maximum Gasteiger partial charge on any atom is 0.343 e. The molecule has 1 heterocycles. The highest BCUT2D eigenvalue weighted by atomic mass is 16.5. The third-order valence-electron chi connectivity index (χ3n) is 3.40. The van der Waals surface area contributed by atoms with Crippen molar-refractivity contribution in [2.45, 2.75) is 13.8 Å². The van der Waals surface area contributed by atoms with Gasteiger partial charge in [-0.1, -0.05) is 30.3 Å². The van der Waals surface area contributed by atoms with E-state index in [9.17, 15) is 14.7 Å². The molecule has 0 saturated heterocycles. The SMILES string of the molecule is CCOC(=O)c1c(O)c(-c2ccccc2)c(=O)n(C)c1C. The Morgan fingerprint density at radius 2 is 1.90 bits per heavy atom. The van der Waals surface area contributed by atoms with E-state index in [2.05, 4.69) is 0 Å². The van der Waals surface area contributed by atoms with Crippen molar-refractivity contribution in [3.05, 3.63) is 51.9 Å². The number of ether oxygens (including phenoxy) is 1. The molecule has 0 aliphatic heterocycles. The average Bonchev–Trinajstić information content (AvgIpc) is 2.47. The number of benzene rings is 1. The molecule has 0 aliphatic rings.